The van der Waals surface area contributed by atoms with Crippen molar-refractivity contribution in [2.24, 2.45) is 5.73 Å². The molecule has 2 heteroatoms. The topological polar surface area (TPSA) is 35.2 Å². The van der Waals surface area contributed by atoms with Crippen LogP contribution in [0.2, 0.25) is 0 Å². The fraction of sp³-hybridized carbons (Fsp3) is 1.00. The maximum absolute atomic E-state index is 5.42. The summed E-state index contributed by atoms with van der Waals surface area (Å²) < 4.78 is 4.89. The van der Waals surface area contributed by atoms with Crippen LogP contribution in [0.15, 0.2) is 0 Å². The third-order valence-corrected chi connectivity index (χ3v) is 1.11. The van der Waals surface area contributed by atoms with Crippen LogP contribution in [-0.2, 0) is 4.74 Å². The first-order valence-corrected chi connectivity index (χ1v) is 2.47. The SMILES string of the molecule is COC(C)C(C)N. The Morgan fingerprint density at radius 3 is 1.86 bits per heavy atom. The quantitative estimate of drug-likeness (QED) is 0.548. The Kier molecular flexibility index (Phi) is 2.96. The first kappa shape index (κ1) is 6.92. The molecule has 2 N–H and O–H groups in total. The zero-order valence-electron chi connectivity index (χ0n) is 5.14. The first-order valence-electron chi connectivity index (χ1n) is 2.47. The number of hydrogen-bond acceptors (Lipinski definition) is 2. The Hall–Kier alpha value is -0.0800. The van der Waals surface area contributed by atoms with Crippen LogP contribution >= 0.6 is 0 Å². The molecule has 0 aliphatic carbocycles. The van der Waals surface area contributed by atoms with Crippen LogP contribution in [0.1, 0.15) is 13.8 Å². The second-order valence-electron chi connectivity index (χ2n) is 1.80. The summed E-state index contributed by atoms with van der Waals surface area (Å²) in [4.78, 5) is 0. The lowest BCUT2D eigenvalue weighted by Gasteiger charge is -2.11. The maximum Gasteiger partial charge on any atom is 0.0691 e. The average Bonchev–Trinajstić information content (AvgIpc) is 1.65. The second-order valence-corrected chi connectivity index (χ2v) is 1.80. The third kappa shape index (κ3) is 2.60. The van der Waals surface area contributed by atoms with E-state index in [-0.39, 0.29) is 12.1 Å². The second kappa shape index (κ2) is 2.99. The molecule has 2 nitrogen and oxygen atoms in total. The lowest BCUT2D eigenvalue weighted by Crippen LogP contribution is -2.30. The summed E-state index contributed by atoms with van der Waals surface area (Å²) in [5.41, 5.74) is 5.42. The van der Waals surface area contributed by atoms with Crippen LogP contribution in [0.25, 0.3) is 0 Å². The molecule has 0 saturated carbocycles. The molecule has 0 aromatic rings. The highest BCUT2D eigenvalue weighted by Gasteiger charge is 2.02. The smallest absolute Gasteiger partial charge is 0.0691 e. The summed E-state index contributed by atoms with van der Waals surface area (Å²) in [5.74, 6) is 0. The Morgan fingerprint density at radius 1 is 1.43 bits per heavy atom. The number of hydrogen-bond donors (Lipinski definition) is 1. The van der Waals surface area contributed by atoms with Crippen LogP contribution in [0.3, 0.4) is 0 Å². The molecular weight excluding hydrogens is 90.1 g/mol. The molecule has 0 aliphatic heterocycles. The molecule has 0 aromatic heterocycles. The van der Waals surface area contributed by atoms with Crippen LogP contribution in [-0.4, -0.2) is 19.3 Å². The largest absolute Gasteiger partial charge is 0.380 e. The van der Waals surface area contributed by atoms with E-state index in [1.165, 1.54) is 0 Å². The number of methoxy groups -OCH3 is 1. The number of ether oxygens (including phenoxy) is 1. The van der Waals surface area contributed by atoms with Gasteiger partial charge in [-0.05, 0) is 13.8 Å². The van der Waals surface area contributed by atoms with Crippen LogP contribution in [0, 0.1) is 0 Å². The van der Waals surface area contributed by atoms with Gasteiger partial charge in [0.2, 0.25) is 0 Å². The Balaban J connectivity index is 3.14. The van der Waals surface area contributed by atoms with Crippen molar-refractivity contribution in [2.45, 2.75) is 26.0 Å². The molecule has 2 atom stereocenters. The molecule has 0 amide bonds. The van der Waals surface area contributed by atoms with E-state index < -0.39 is 0 Å². The minimum atomic E-state index is 0.144. The molecule has 0 saturated heterocycles. The Bertz CT molecular complexity index is 45.3. The predicted octanol–water partition coefficient (Wildman–Crippen LogP) is 0.368. The summed E-state index contributed by atoms with van der Waals surface area (Å²) in [7, 11) is 1.66. The monoisotopic (exact) mass is 103 g/mol. The molecular formula is C5H13NO. The molecule has 44 valence electrons. The lowest BCUT2D eigenvalue weighted by molar-refractivity contribution is 0.101. The first-order chi connectivity index (χ1) is 3.18. The van der Waals surface area contributed by atoms with Crippen LogP contribution < -0.4 is 5.73 Å². The number of nitrogens with two attached hydrogens (primary N) is 1. The standard InChI is InChI=1S/C5H13NO/c1-4(6)5(2)7-3/h4-5H,6H2,1-3H3. The molecule has 2 unspecified atom stereocenters. The highest BCUT2D eigenvalue weighted by atomic mass is 16.5. The van der Waals surface area contributed by atoms with Crippen molar-refractivity contribution >= 4 is 0 Å². The summed E-state index contributed by atoms with van der Waals surface area (Å²) >= 11 is 0. The molecule has 0 spiro atoms. The van der Waals surface area contributed by atoms with E-state index in [9.17, 15) is 0 Å². The molecule has 0 bridgehead atoms. The maximum atomic E-state index is 5.42. The van der Waals surface area contributed by atoms with Gasteiger partial charge in [-0.2, -0.15) is 0 Å². The van der Waals surface area contributed by atoms with Gasteiger partial charge in [-0.15, -0.1) is 0 Å². The fourth-order valence-electron chi connectivity index (χ4n) is 0.215. The highest BCUT2D eigenvalue weighted by Crippen LogP contribution is 1.89. The van der Waals surface area contributed by atoms with E-state index in [1.807, 2.05) is 13.8 Å². The fourth-order valence-corrected chi connectivity index (χ4v) is 0.215. The summed E-state index contributed by atoms with van der Waals surface area (Å²) in [6.07, 6.45) is 0.181. The van der Waals surface area contributed by atoms with Gasteiger partial charge in [0.1, 0.15) is 0 Å². The van der Waals surface area contributed by atoms with Crippen molar-refractivity contribution in [2.75, 3.05) is 7.11 Å². The van der Waals surface area contributed by atoms with E-state index >= 15 is 0 Å². The van der Waals surface area contributed by atoms with Crippen molar-refractivity contribution < 1.29 is 4.74 Å². The van der Waals surface area contributed by atoms with Gasteiger partial charge in [0.25, 0.3) is 0 Å². The van der Waals surface area contributed by atoms with Gasteiger partial charge in [0, 0.05) is 13.2 Å². The van der Waals surface area contributed by atoms with Gasteiger partial charge in [-0.1, -0.05) is 0 Å². The normalized spacial score (nSPS) is 18.9. The molecule has 0 rings (SSSR count). The van der Waals surface area contributed by atoms with Gasteiger partial charge in [-0.3, -0.25) is 0 Å². The molecule has 0 fully saturated rings. The molecule has 0 aromatic carbocycles. The van der Waals surface area contributed by atoms with Gasteiger partial charge >= 0.3 is 0 Å². The number of rotatable bonds is 2. The van der Waals surface area contributed by atoms with Crippen molar-refractivity contribution in [3.05, 3.63) is 0 Å². The van der Waals surface area contributed by atoms with Crippen molar-refractivity contribution in [3.8, 4) is 0 Å². The van der Waals surface area contributed by atoms with Crippen molar-refractivity contribution in [1.29, 1.82) is 0 Å². The average molecular weight is 103 g/mol. The zero-order chi connectivity index (χ0) is 5.86. The zero-order valence-corrected chi connectivity index (χ0v) is 5.14. The van der Waals surface area contributed by atoms with Gasteiger partial charge in [0.15, 0.2) is 0 Å². The highest BCUT2D eigenvalue weighted by molar-refractivity contribution is 4.60. The Labute approximate surface area is 44.7 Å². The molecule has 0 heterocycles. The molecule has 0 aliphatic rings. The minimum absolute atomic E-state index is 0.144. The molecule has 0 radical (unpaired) electrons. The van der Waals surface area contributed by atoms with Crippen molar-refractivity contribution in [1.82, 2.24) is 0 Å². The van der Waals surface area contributed by atoms with Gasteiger partial charge < -0.3 is 10.5 Å². The Morgan fingerprint density at radius 2 is 1.86 bits per heavy atom. The lowest BCUT2D eigenvalue weighted by atomic mass is 10.2. The van der Waals surface area contributed by atoms with E-state index in [0.29, 0.717) is 0 Å². The summed E-state index contributed by atoms with van der Waals surface area (Å²) in [6.45, 7) is 3.87. The van der Waals surface area contributed by atoms with Gasteiger partial charge in [0.05, 0.1) is 6.10 Å². The van der Waals surface area contributed by atoms with Crippen LogP contribution in [0.5, 0.6) is 0 Å². The van der Waals surface area contributed by atoms with E-state index in [2.05, 4.69) is 0 Å². The minimum Gasteiger partial charge on any atom is -0.380 e. The van der Waals surface area contributed by atoms with E-state index in [0.717, 1.165) is 0 Å². The van der Waals surface area contributed by atoms with Crippen LogP contribution in [0.4, 0.5) is 0 Å². The predicted molar refractivity (Wildman–Crippen MR) is 30.1 cm³/mol. The van der Waals surface area contributed by atoms with Crippen molar-refractivity contribution in [3.63, 3.8) is 0 Å². The van der Waals surface area contributed by atoms with E-state index in [4.69, 9.17) is 10.5 Å². The van der Waals surface area contributed by atoms with E-state index in [1.54, 1.807) is 7.11 Å². The summed E-state index contributed by atoms with van der Waals surface area (Å²) in [6, 6.07) is 0.144. The third-order valence-electron chi connectivity index (χ3n) is 1.11. The van der Waals surface area contributed by atoms with Gasteiger partial charge in [-0.25, -0.2) is 0 Å². The molecule has 7 heavy (non-hydrogen) atoms. The summed E-state index contributed by atoms with van der Waals surface area (Å²) in [5, 5.41) is 0.